The van der Waals surface area contributed by atoms with Crippen LogP contribution in [0.1, 0.15) is 12.5 Å². The van der Waals surface area contributed by atoms with Crippen molar-refractivity contribution in [3.05, 3.63) is 33.9 Å². The second kappa shape index (κ2) is 5.82. The molecule has 0 amide bonds. The number of nitrogens with one attached hydrogen (secondary N) is 1. The molecule has 0 bridgehead atoms. The predicted octanol–water partition coefficient (Wildman–Crippen LogP) is 1.91. The van der Waals surface area contributed by atoms with Gasteiger partial charge >= 0.3 is 0 Å². The highest BCUT2D eigenvalue weighted by molar-refractivity contribution is 5.58. The lowest BCUT2D eigenvalue weighted by molar-refractivity contribution is -0.385. The minimum absolute atomic E-state index is 0.0238. The number of nitriles is 1. The van der Waals surface area contributed by atoms with E-state index in [1.165, 1.54) is 12.1 Å². The number of nitro groups is 1. The average molecular weight is 235 g/mol. The molecule has 1 rings (SSSR count). The Labute approximate surface area is 99.0 Å². The van der Waals surface area contributed by atoms with Gasteiger partial charge in [0, 0.05) is 25.4 Å². The molecule has 0 saturated heterocycles. The van der Waals surface area contributed by atoms with E-state index in [0.717, 1.165) is 0 Å². The van der Waals surface area contributed by atoms with Gasteiger partial charge in [-0.3, -0.25) is 10.1 Å². The molecule has 1 N–H and O–H groups in total. The zero-order chi connectivity index (χ0) is 12.8. The van der Waals surface area contributed by atoms with E-state index in [2.05, 4.69) is 5.32 Å². The first-order chi connectivity index (χ1) is 8.08. The van der Waals surface area contributed by atoms with E-state index in [-0.39, 0.29) is 17.4 Å². The maximum absolute atomic E-state index is 10.6. The summed E-state index contributed by atoms with van der Waals surface area (Å²) in [5, 5.41) is 22.5. The van der Waals surface area contributed by atoms with Gasteiger partial charge in [-0.1, -0.05) is 0 Å². The van der Waals surface area contributed by atoms with E-state index in [1.54, 1.807) is 19.2 Å². The zero-order valence-corrected chi connectivity index (χ0v) is 9.64. The lowest BCUT2D eigenvalue weighted by Gasteiger charge is -2.11. The Morgan fingerprint density at radius 3 is 2.88 bits per heavy atom. The van der Waals surface area contributed by atoms with E-state index >= 15 is 0 Å². The van der Waals surface area contributed by atoms with Gasteiger partial charge < -0.3 is 10.1 Å². The van der Waals surface area contributed by atoms with E-state index in [0.29, 0.717) is 12.2 Å². The summed E-state index contributed by atoms with van der Waals surface area (Å²) in [6.45, 7) is 2.46. The number of anilines is 1. The lowest BCUT2D eigenvalue weighted by atomic mass is 10.1. The molecule has 0 spiro atoms. The Morgan fingerprint density at radius 2 is 2.35 bits per heavy atom. The van der Waals surface area contributed by atoms with Crippen LogP contribution in [0.3, 0.4) is 0 Å². The molecule has 1 aromatic carbocycles. The third-order valence-corrected chi connectivity index (χ3v) is 2.31. The van der Waals surface area contributed by atoms with Gasteiger partial charge in [-0.05, 0) is 19.1 Å². The molecule has 0 aliphatic heterocycles. The fourth-order valence-electron chi connectivity index (χ4n) is 1.24. The highest BCUT2D eigenvalue weighted by Crippen LogP contribution is 2.21. The van der Waals surface area contributed by atoms with Crippen LogP contribution in [0.15, 0.2) is 18.2 Å². The van der Waals surface area contributed by atoms with Crippen molar-refractivity contribution in [1.29, 1.82) is 5.26 Å². The van der Waals surface area contributed by atoms with Crippen molar-refractivity contribution in [3.63, 3.8) is 0 Å². The molecule has 0 heterocycles. The van der Waals surface area contributed by atoms with Gasteiger partial charge in [0.25, 0.3) is 5.69 Å². The number of hydrogen-bond acceptors (Lipinski definition) is 5. The molecule has 0 fully saturated rings. The monoisotopic (exact) mass is 235 g/mol. The van der Waals surface area contributed by atoms with Crippen molar-refractivity contribution in [3.8, 4) is 6.07 Å². The number of methoxy groups -OCH3 is 1. The SMILES string of the molecule is COC(C)CNc1ccc([N+](=O)[O-])c(C#N)c1. The molecular weight excluding hydrogens is 222 g/mol. The van der Waals surface area contributed by atoms with Crippen LogP contribution in [0.2, 0.25) is 0 Å². The molecule has 0 aliphatic carbocycles. The third kappa shape index (κ3) is 3.43. The summed E-state index contributed by atoms with van der Waals surface area (Å²) in [7, 11) is 1.60. The number of nitrogens with zero attached hydrogens (tertiary/aromatic N) is 2. The minimum Gasteiger partial charge on any atom is -0.382 e. The van der Waals surface area contributed by atoms with E-state index in [1.807, 2.05) is 6.92 Å². The molecule has 1 atom stereocenters. The van der Waals surface area contributed by atoms with Gasteiger partial charge in [0.15, 0.2) is 0 Å². The normalized spacial score (nSPS) is 11.6. The van der Waals surface area contributed by atoms with Crippen LogP contribution in [0.5, 0.6) is 0 Å². The average Bonchev–Trinajstić information content (AvgIpc) is 2.35. The molecule has 17 heavy (non-hydrogen) atoms. The summed E-state index contributed by atoms with van der Waals surface area (Å²) in [6.07, 6.45) is 0.0238. The molecule has 90 valence electrons. The van der Waals surface area contributed by atoms with Crippen LogP contribution in [0.4, 0.5) is 11.4 Å². The highest BCUT2D eigenvalue weighted by atomic mass is 16.6. The smallest absolute Gasteiger partial charge is 0.287 e. The maximum atomic E-state index is 10.6. The van der Waals surface area contributed by atoms with Crippen LogP contribution in [0, 0.1) is 21.4 Å². The molecule has 1 aromatic rings. The zero-order valence-electron chi connectivity index (χ0n) is 9.64. The van der Waals surface area contributed by atoms with Crippen molar-refractivity contribution >= 4 is 11.4 Å². The molecule has 0 aromatic heterocycles. The Kier molecular flexibility index (Phi) is 4.43. The third-order valence-electron chi connectivity index (χ3n) is 2.31. The van der Waals surface area contributed by atoms with Crippen LogP contribution in [-0.2, 0) is 4.74 Å². The van der Waals surface area contributed by atoms with Crippen molar-refractivity contribution in [2.45, 2.75) is 13.0 Å². The van der Waals surface area contributed by atoms with Gasteiger partial charge in [-0.2, -0.15) is 5.26 Å². The first kappa shape index (κ1) is 12.9. The topological polar surface area (TPSA) is 88.2 Å². The second-order valence-electron chi connectivity index (χ2n) is 3.53. The number of benzene rings is 1. The van der Waals surface area contributed by atoms with Crippen LogP contribution in [0.25, 0.3) is 0 Å². The van der Waals surface area contributed by atoms with Crippen molar-refractivity contribution in [2.24, 2.45) is 0 Å². The molecule has 1 unspecified atom stereocenters. The lowest BCUT2D eigenvalue weighted by Crippen LogP contribution is -2.18. The summed E-state index contributed by atoms with van der Waals surface area (Å²) < 4.78 is 5.05. The van der Waals surface area contributed by atoms with Crippen LogP contribution < -0.4 is 5.32 Å². The van der Waals surface area contributed by atoms with Crippen molar-refractivity contribution in [1.82, 2.24) is 0 Å². The summed E-state index contributed by atoms with van der Waals surface area (Å²) in [6, 6.07) is 6.15. The van der Waals surface area contributed by atoms with Crippen LogP contribution in [-0.4, -0.2) is 24.7 Å². The fraction of sp³-hybridized carbons (Fsp3) is 0.364. The predicted molar refractivity (Wildman–Crippen MR) is 62.8 cm³/mol. The standard InChI is InChI=1S/C11H13N3O3/c1-8(17-2)7-13-10-3-4-11(14(15)16)9(5-10)6-12/h3-5,8,13H,7H2,1-2H3. The summed E-state index contributed by atoms with van der Waals surface area (Å²) in [4.78, 5) is 10.0. The maximum Gasteiger partial charge on any atom is 0.287 e. The summed E-state index contributed by atoms with van der Waals surface area (Å²) in [5.74, 6) is 0. The van der Waals surface area contributed by atoms with E-state index < -0.39 is 4.92 Å². The van der Waals surface area contributed by atoms with Crippen molar-refractivity contribution in [2.75, 3.05) is 19.0 Å². The first-order valence-electron chi connectivity index (χ1n) is 5.03. The molecule has 0 saturated carbocycles. The highest BCUT2D eigenvalue weighted by Gasteiger charge is 2.13. The number of hydrogen-bond donors (Lipinski definition) is 1. The van der Waals surface area contributed by atoms with Gasteiger partial charge in [0.2, 0.25) is 0 Å². The van der Waals surface area contributed by atoms with Gasteiger partial charge in [-0.15, -0.1) is 0 Å². The second-order valence-corrected chi connectivity index (χ2v) is 3.53. The van der Waals surface area contributed by atoms with Gasteiger partial charge in [-0.25, -0.2) is 0 Å². The fourth-order valence-corrected chi connectivity index (χ4v) is 1.24. The minimum atomic E-state index is -0.569. The summed E-state index contributed by atoms with van der Waals surface area (Å²) in [5.41, 5.74) is 0.527. The van der Waals surface area contributed by atoms with E-state index in [4.69, 9.17) is 10.00 Å². The molecule has 6 nitrogen and oxygen atoms in total. The first-order valence-corrected chi connectivity index (χ1v) is 5.03. The Hall–Kier alpha value is -2.13. The van der Waals surface area contributed by atoms with Crippen molar-refractivity contribution < 1.29 is 9.66 Å². The largest absolute Gasteiger partial charge is 0.382 e. The molecule has 0 radical (unpaired) electrons. The quantitative estimate of drug-likeness (QED) is 0.622. The Morgan fingerprint density at radius 1 is 1.65 bits per heavy atom. The Balaban J connectivity index is 2.84. The molecule has 0 aliphatic rings. The number of nitro benzene ring substituents is 1. The Bertz CT molecular complexity index is 454. The molecular formula is C11H13N3O3. The number of ether oxygens (including phenoxy) is 1. The van der Waals surface area contributed by atoms with Gasteiger partial charge in [0.1, 0.15) is 11.6 Å². The van der Waals surface area contributed by atoms with Crippen LogP contribution >= 0.6 is 0 Å². The number of rotatable bonds is 5. The molecule has 6 heteroatoms. The summed E-state index contributed by atoms with van der Waals surface area (Å²) >= 11 is 0. The van der Waals surface area contributed by atoms with E-state index in [9.17, 15) is 10.1 Å². The van der Waals surface area contributed by atoms with Gasteiger partial charge in [0.05, 0.1) is 11.0 Å².